The monoisotopic (exact) mass is 347 g/mol. The van der Waals surface area contributed by atoms with Gasteiger partial charge in [0.25, 0.3) is 5.91 Å². The first-order valence-electron chi connectivity index (χ1n) is 6.17. The summed E-state index contributed by atoms with van der Waals surface area (Å²) in [5, 5.41) is 18.5. The molecule has 0 bridgehead atoms. The van der Waals surface area contributed by atoms with Gasteiger partial charge < -0.3 is 15.1 Å². The summed E-state index contributed by atoms with van der Waals surface area (Å²) in [6, 6.07) is 2.49. The smallest absolute Gasteiger partial charge is 0.254 e. The van der Waals surface area contributed by atoms with Crippen LogP contribution in [0.4, 0.5) is 4.39 Å². The van der Waals surface area contributed by atoms with Crippen LogP contribution < -0.4 is 0 Å². The van der Waals surface area contributed by atoms with Crippen LogP contribution in [0.25, 0.3) is 0 Å². The molecule has 0 saturated carbocycles. The molecule has 4 nitrogen and oxygen atoms in total. The van der Waals surface area contributed by atoms with Crippen LogP contribution in [0.5, 0.6) is 0 Å². The lowest BCUT2D eigenvalue weighted by Crippen LogP contribution is -2.41. The highest BCUT2D eigenvalue weighted by molar-refractivity contribution is 9.10. The normalized spacial score (nSPS) is 11.6. The third-order valence-corrected chi connectivity index (χ3v) is 4.09. The lowest BCUT2D eigenvalue weighted by molar-refractivity contribution is 0.0365. The van der Waals surface area contributed by atoms with Gasteiger partial charge in [0, 0.05) is 29.0 Å². The molecule has 0 aliphatic rings. The number of carbonyl (C=O) groups excluding carboxylic acids is 1. The van der Waals surface area contributed by atoms with Crippen molar-refractivity contribution in [3.8, 4) is 0 Å². The van der Waals surface area contributed by atoms with Crippen molar-refractivity contribution < 1.29 is 19.4 Å². The highest BCUT2D eigenvalue weighted by atomic mass is 79.9. The summed E-state index contributed by atoms with van der Waals surface area (Å²) in [5.41, 5.74) is 0.124. The van der Waals surface area contributed by atoms with Crippen molar-refractivity contribution in [1.82, 2.24) is 4.90 Å². The van der Waals surface area contributed by atoms with Gasteiger partial charge in [0.2, 0.25) is 0 Å². The molecule has 0 radical (unpaired) electrons. The Labute approximate surface area is 126 Å². The molecule has 6 heteroatoms. The standard InChI is InChI=1S/C14H19BrFNO3/c1-9-11(4-10(16)5-12(9)15)13(20)17(3)6-14(2,7-18)8-19/h4-5,18-19H,6-8H2,1-3H3. The van der Waals surface area contributed by atoms with Crippen molar-refractivity contribution >= 4 is 21.8 Å². The third-order valence-electron chi connectivity index (χ3n) is 3.27. The predicted octanol–water partition coefficient (Wildman–Crippen LogP) is 1.96. The van der Waals surface area contributed by atoms with E-state index in [1.54, 1.807) is 20.9 Å². The number of amides is 1. The van der Waals surface area contributed by atoms with Crippen LogP contribution in [-0.2, 0) is 0 Å². The van der Waals surface area contributed by atoms with E-state index in [0.717, 1.165) is 0 Å². The maximum Gasteiger partial charge on any atom is 0.254 e. The van der Waals surface area contributed by atoms with Gasteiger partial charge in [-0.25, -0.2) is 4.39 Å². The largest absolute Gasteiger partial charge is 0.396 e. The van der Waals surface area contributed by atoms with E-state index >= 15 is 0 Å². The Hall–Kier alpha value is -0.980. The van der Waals surface area contributed by atoms with Gasteiger partial charge in [-0.2, -0.15) is 0 Å². The van der Waals surface area contributed by atoms with Gasteiger partial charge in [-0.3, -0.25) is 4.79 Å². The highest BCUT2D eigenvalue weighted by Crippen LogP contribution is 2.24. The number of aliphatic hydroxyl groups is 2. The SMILES string of the molecule is Cc1c(Br)cc(F)cc1C(=O)N(C)CC(C)(CO)CO. The fourth-order valence-electron chi connectivity index (χ4n) is 1.87. The Kier molecular flexibility index (Phi) is 5.68. The van der Waals surface area contributed by atoms with Crippen LogP contribution in [0.3, 0.4) is 0 Å². The molecule has 0 aliphatic heterocycles. The molecule has 0 fully saturated rings. The lowest BCUT2D eigenvalue weighted by Gasteiger charge is -2.30. The first kappa shape index (κ1) is 17.1. The molecular weight excluding hydrogens is 329 g/mol. The quantitative estimate of drug-likeness (QED) is 0.855. The van der Waals surface area contributed by atoms with E-state index < -0.39 is 11.2 Å². The van der Waals surface area contributed by atoms with Gasteiger partial charge in [-0.05, 0) is 24.6 Å². The molecule has 1 aromatic carbocycles. The van der Waals surface area contributed by atoms with Crippen molar-refractivity contribution in [2.75, 3.05) is 26.8 Å². The van der Waals surface area contributed by atoms with E-state index in [2.05, 4.69) is 15.9 Å². The van der Waals surface area contributed by atoms with Gasteiger partial charge in [-0.1, -0.05) is 22.9 Å². The van der Waals surface area contributed by atoms with Crippen molar-refractivity contribution in [2.45, 2.75) is 13.8 Å². The number of aliphatic hydroxyl groups excluding tert-OH is 2. The zero-order valence-electron chi connectivity index (χ0n) is 11.8. The summed E-state index contributed by atoms with van der Waals surface area (Å²) in [6.45, 7) is 3.08. The molecule has 0 heterocycles. The second kappa shape index (κ2) is 6.65. The third kappa shape index (κ3) is 3.77. The lowest BCUT2D eigenvalue weighted by atomic mass is 9.92. The molecule has 0 unspecified atom stereocenters. The van der Waals surface area contributed by atoms with Crippen molar-refractivity contribution in [3.05, 3.63) is 33.5 Å². The number of halogens is 2. The Morgan fingerprint density at radius 2 is 1.95 bits per heavy atom. The van der Waals surface area contributed by atoms with E-state index in [4.69, 9.17) is 0 Å². The van der Waals surface area contributed by atoms with Crippen molar-refractivity contribution in [2.24, 2.45) is 5.41 Å². The van der Waals surface area contributed by atoms with E-state index in [0.29, 0.717) is 10.0 Å². The first-order valence-corrected chi connectivity index (χ1v) is 6.96. The van der Waals surface area contributed by atoms with Crippen LogP contribution in [0.1, 0.15) is 22.8 Å². The average molecular weight is 348 g/mol. The molecule has 0 aliphatic carbocycles. The molecule has 2 N–H and O–H groups in total. The summed E-state index contributed by atoms with van der Waals surface area (Å²) < 4.78 is 14.0. The number of nitrogens with zero attached hydrogens (tertiary/aromatic N) is 1. The first-order chi connectivity index (χ1) is 9.24. The summed E-state index contributed by atoms with van der Waals surface area (Å²) in [5.74, 6) is -0.845. The zero-order valence-corrected chi connectivity index (χ0v) is 13.4. The molecule has 1 rings (SSSR count). The minimum Gasteiger partial charge on any atom is -0.396 e. The second-order valence-electron chi connectivity index (χ2n) is 5.35. The highest BCUT2D eigenvalue weighted by Gasteiger charge is 2.27. The molecule has 1 amide bonds. The summed E-state index contributed by atoms with van der Waals surface area (Å²) in [6.07, 6.45) is 0. The van der Waals surface area contributed by atoms with Gasteiger partial charge in [0.15, 0.2) is 0 Å². The number of hydrogen-bond acceptors (Lipinski definition) is 3. The van der Waals surface area contributed by atoms with E-state index in [-0.39, 0.29) is 31.2 Å². The Morgan fingerprint density at radius 1 is 1.40 bits per heavy atom. The second-order valence-corrected chi connectivity index (χ2v) is 6.20. The topological polar surface area (TPSA) is 60.8 Å². The Bertz CT molecular complexity index is 503. The van der Waals surface area contributed by atoms with Crippen LogP contribution in [-0.4, -0.2) is 47.8 Å². The Morgan fingerprint density at radius 3 is 2.45 bits per heavy atom. The molecule has 0 atom stereocenters. The molecule has 0 aromatic heterocycles. The molecule has 20 heavy (non-hydrogen) atoms. The molecule has 112 valence electrons. The van der Waals surface area contributed by atoms with Crippen LogP contribution in [0.2, 0.25) is 0 Å². The van der Waals surface area contributed by atoms with Crippen molar-refractivity contribution in [1.29, 1.82) is 0 Å². The number of carbonyl (C=O) groups is 1. The molecule has 1 aromatic rings. The maximum atomic E-state index is 13.4. The molecular formula is C14H19BrFNO3. The number of benzene rings is 1. The fraction of sp³-hybridized carbons (Fsp3) is 0.500. The summed E-state index contributed by atoms with van der Waals surface area (Å²) in [7, 11) is 1.56. The van der Waals surface area contributed by atoms with Gasteiger partial charge >= 0.3 is 0 Å². The molecule has 0 spiro atoms. The van der Waals surface area contributed by atoms with Crippen LogP contribution in [0.15, 0.2) is 16.6 Å². The van der Waals surface area contributed by atoms with E-state index in [9.17, 15) is 19.4 Å². The minimum atomic E-state index is -0.789. The zero-order chi connectivity index (χ0) is 15.5. The fourth-order valence-corrected chi connectivity index (χ4v) is 2.30. The van der Waals surface area contributed by atoms with E-state index in [1.807, 2.05) is 0 Å². The average Bonchev–Trinajstić information content (AvgIpc) is 2.41. The molecule has 0 saturated heterocycles. The minimum absolute atomic E-state index is 0.173. The Balaban J connectivity index is 3.01. The van der Waals surface area contributed by atoms with Gasteiger partial charge in [0.1, 0.15) is 5.82 Å². The van der Waals surface area contributed by atoms with Gasteiger partial charge in [0.05, 0.1) is 13.2 Å². The van der Waals surface area contributed by atoms with Crippen molar-refractivity contribution in [3.63, 3.8) is 0 Å². The predicted molar refractivity (Wildman–Crippen MR) is 78.1 cm³/mol. The van der Waals surface area contributed by atoms with Crippen LogP contribution >= 0.6 is 15.9 Å². The summed E-state index contributed by atoms with van der Waals surface area (Å²) >= 11 is 3.21. The van der Waals surface area contributed by atoms with E-state index in [1.165, 1.54) is 17.0 Å². The number of rotatable bonds is 5. The summed E-state index contributed by atoms with van der Waals surface area (Å²) in [4.78, 5) is 13.7. The number of hydrogen-bond donors (Lipinski definition) is 2. The maximum absolute atomic E-state index is 13.4. The van der Waals surface area contributed by atoms with Gasteiger partial charge in [-0.15, -0.1) is 0 Å². The van der Waals surface area contributed by atoms with Crippen LogP contribution in [0, 0.1) is 18.2 Å².